The summed E-state index contributed by atoms with van der Waals surface area (Å²) in [4.78, 5) is 60.2. The van der Waals surface area contributed by atoms with Crippen LogP contribution in [0.2, 0.25) is 0 Å². The lowest BCUT2D eigenvalue weighted by Gasteiger charge is -2.44. The van der Waals surface area contributed by atoms with Crippen LogP contribution in [-0.4, -0.2) is 94.0 Å². The van der Waals surface area contributed by atoms with Gasteiger partial charge in [0.05, 0.1) is 19.3 Å². The Kier molecular flexibility index (Phi) is 8.22. The number of carbonyl (C=O) groups is 5. The van der Waals surface area contributed by atoms with Crippen molar-refractivity contribution < 1.29 is 52.4 Å². The van der Waals surface area contributed by atoms with E-state index in [9.17, 15) is 24.0 Å². The molecule has 0 aliphatic carbocycles. The molecule has 2 saturated heterocycles. The van der Waals surface area contributed by atoms with Crippen molar-refractivity contribution in [3.8, 4) is 0 Å². The fraction of sp³-hybridized carbons (Fsp3) is 0.650. The van der Waals surface area contributed by atoms with Crippen molar-refractivity contribution in [2.24, 2.45) is 0 Å². The van der Waals surface area contributed by atoms with Crippen LogP contribution >= 0.6 is 0 Å². The predicted molar refractivity (Wildman–Crippen MR) is 109 cm³/mol. The van der Waals surface area contributed by atoms with Gasteiger partial charge < -0.3 is 28.4 Å². The van der Waals surface area contributed by atoms with Gasteiger partial charge in [0, 0.05) is 27.7 Å². The zero-order chi connectivity index (χ0) is 25.7. The van der Waals surface area contributed by atoms with Crippen LogP contribution in [0.15, 0.2) is 6.20 Å². The van der Waals surface area contributed by atoms with E-state index in [0.29, 0.717) is 12.2 Å². The molecule has 0 spiro atoms. The molecule has 1 aromatic heterocycles. The van der Waals surface area contributed by atoms with Crippen LogP contribution in [0.3, 0.4) is 0 Å². The molecule has 0 saturated carbocycles. The number of carbonyl (C=O) groups excluding carboxylic acids is 5. The first kappa shape index (κ1) is 25.9. The standard InChI is InChI=1S/C20H26N4O11/c1-10(25)31-9-15-16(32-11(2)26)17(33-12(3)27)18(34-13(4)28)19(35-15)24-8-14(21-22-24)7-23-5-6-30-20(23)29/h8,15-19H,5-7,9H2,1-4H3/t15-,16-,17+,18+,19+/m1/s1. The number of aromatic nitrogens is 3. The second kappa shape index (κ2) is 11.1. The molecule has 2 aliphatic heterocycles. The third kappa shape index (κ3) is 6.65. The van der Waals surface area contributed by atoms with Crippen molar-refractivity contribution in [1.29, 1.82) is 0 Å². The number of hydrogen-bond acceptors (Lipinski definition) is 13. The van der Waals surface area contributed by atoms with Crippen molar-refractivity contribution in [3.63, 3.8) is 0 Å². The number of esters is 4. The first-order valence-electron chi connectivity index (χ1n) is 10.7. The Bertz CT molecular complexity index is 980. The maximum Gasteiger partial charge on any atom is 0.410 e. The van der Waals surface area contributed by atoms with Gasteiger partial charge in [-0.05, 0) is 0 Å². The van der Waals surface area contributed by atoms with Gasteiger partial charge in [0.25, 0.3) is 0 Å². The minimum absolute atomic E-state index is 0.101. The van der Waals surface area contributed by atoms with Crippen LogP contribution in [-0.2, 0) is 54.1 Å². The van der Waals surface area contributed by atoms with E-state index < -0.39 is 60.6 Å². The minimum Gasteiger partial charge on any atom is -0.463 e. The molecule has 1 aromatic rings. The Morgan fingerprint density at radius 1 is 0.971 bits per heavy atom. The quantitative estimate of drug-likeness (QED) is 0.331. The van der Waals surface area contributed by atoms with Crippen LogP contribution in [0, 0.1) is 0 Å². The van der Waals surface area contributed by atoms with E-state index in [1.807, 2.05) is 0 Å². The molecule has 0 aromatic carbocycles. The predicted octanol–water partition coefficient (Wildman–Crippen LogP) is -0.514. The normalized spacial score (nSPS) is 26.0. The average Bonchev–Trinajstić information content (AvgIpc) is 3.38. The average molecular weight is 498 g/mol. The molecule has 35 heavy (non-hydrogen) atoms. The van der Waals surface area contributed by atoms with Crippen LogP contribution in [0.1, 0.15) is 39.6 Å². The third-order valence-corrected chi connectivity index (χ3v) is 4.98. The summed E-state index contributed by atoms with van der Waals surface area (Å²) in [6.07, 6.45) is -5.31. The number of rotatable bonds is 8. The molecule has 15 nitrogen and oxygen atoms in total. The van der Waals surface area contributed by atoms with Gasteiger partial charge >= 0.3 is 30.0 Å². The Hall–Kier alpha value is -3.75. The van der Waals surface area contributed by atoms with E-state index in [4.69, 9.17) is 28.4 Å². The third-order valence-electron chi connectivity index (χ3n) is 4.98. The van der Waals surface area contributed by atoms with Gasteiger partial charge in [0.1, 0.15) is 25.0 Å². The summed E-state index contributed by atoms with van der Waals surface area (Å²) in [6.45, 7) is 4.95. The van der Waals surface area contributed by atoms with Gasteiger partial charge in [-0.1, -0.05) is 5.21 Å². The van der Waals surface area contributed by atoms with Crippen LogP contribution in [0.4, 0.5) is 4.79 Å². The lowest BCUT2D eigenvalue weighted by molar-refractivity contribution is -0.270. The molecular formula is C20H26N4O11. The van der Waals surface area contributed by atoms with Gasteiger partial charge in [-0.15, -0.1) is 5.10 Å². The first-order chi connectivity index (χ1) is 16.5. The molecule has 0 bridgehead atoms. The lowest BCUT2D eigenvalue weighted by Crippen LogP contribution is -2.60. The van der Waals surface area contributed by atoms with E-state index in [-0.39, 0.29) is 19.8 Å². The molecular weight excluding hydrogens is 472 g/mol. The number of amides is 1. The van der Waals surface area contributed by atoms with Gasteiger partial charge in [0.15, 0.2) is 24.5 Å². The number of nitrogens with zero attached hydrogens (tertiary/aromatic N) is 4. The lowest BCUT2D eigenvalue weighted by atomic mass is 9.97. The van der Waals surface area contributed by atoms with Gasteiger partial charge in [0.2, 0.25) is 0 Å². The van der Waals surface area contributed by atoms with Crippen molar-refractivity contribution in [2.75, 3.05) is 19.8 Å². The van der Waals surface area contributed by atoms with E-state index >= 15 is 0 Å². The maximum atomic E-state index is 11.9. The summed E-state index contributed by atoms with van der Waals surface area (Å²) < 4.78 is 33.3. The van der Waals surface area contributed by atoms with Crippen molar-refractivity contribution in [2.45, 2.75) is 64.9 Å². The fourth-order valence-corrected chi connectivity index (χ4v) is 3.69. The van der Waals surface area contributed by atoms with Gasteiger partial charge in [-0.3, -0.25) is 24.1 Å². The van der Waals surface area contributed by atoms with E-state index in [1.54, 1.807) is 0 Å². The van der Waals surface area contributed by atoms with Gasteiger partial charge in [-0.2, -0.15) is 0 Å². The zero-order valence-electron chi connectivity index (χ0n) is 19.6. The smallest absolute Gasteiger partial charge is 0.410 e. The molecule has 5 atom stereocenters. The summed E-state index contributed by atoms with van der Waals surface area (Å²) >= 11 is 0. The molecule has 1 amide bonds. The summed E-state index contributed by atoms with van der Waals surface area (Å²) in [6, 6.07) is 0. The highest BCUT2D eigenvalue weighted by Gasteiger charge is 2.53. The Balaban J connectivity index is 1.95. The maximum absolute atomic E-state index is 11.9. The molecule has 192 valence electrons. The Morgan fingerprint density at radius 2 is 1.60 bits per heavy atom. The van der Waals surface area contributed by atoms with E-state index in [2.05, 4.69) is 10.3 Å². The number of cyclic esters (lactones) is 1. The van der Waals surface area contributed by atoms with Crippen LogP contribution in [0.25, 0.3) is 0 Å². The zero-order valence-corrected chi connectivity index (χ0v) is 19.6. The number of hydrogen-bond donors (Lipinski definition) is 0. The summed E-state index contributed by atoms with van der Waals surface area (Å²) in [5, 5.41) is 8.03. The molecule has 3 rings (SSSR count). The van der Waals surface area contributed by atoms with Crippen molar-refractivity contribution in [3.05, 3.63) is 11.9 Å². The van der Waals surface area contributed by atoms with Crippen LogP contribution < -0.4 is 0 Å². The first-order valence-corrected chi connectivity index (χ1v) is 10.7. The SMILES string of the molecule is CC(=O)OC[C@H]1O[C@H](n2cc(CN3CCOC3=O)nn2)[C@@H](OC(C)=O)[C@@H](OC(C)=O)[C@@H]1OC(C)=O. The molecule has 2 aliphatic rings. The van der Waals surface area contributed by atoms with E-state index in [0.717, 1.165) is 20.8 Å². The molecule has 2 fully saturated rings. The van der Waals surface area contributed by atoms with E-state index in [1.165, 1.54) is 22.7 Å². The second-order valence-electron chi connectivity index (χ2n) is 7.82. The topological polar surface area (TPSA) is 175 Å². The van der Waals surface area contributed by atoms with Gasteiger partial charge in [-0.25, -0.2) is 9.48 Å². The molecule has 15 heteroatoms. The molecule has 3 heterocycles. The highest BCUT2D eigenvalue weighted by atomic mass is 16.7. The van der Waals surface area contributed by atoms with Crippen molar-refractivity contribution in [1.82, 2.24) is 19.9 Å². The molecule has 0 unspecified atom stereocenters. The summed E-state index contributed by atoms with van der Waals surface area (Å²) in [5.41, 5.74) is 0.372. The molecule has 0 radical (unpaired) electrons. The Morgan fingerprint density at radius 3 is 2.17 bits per heavy atom. The van der Waals surface area contributed by atoms with Crippen LogP contribution in [0.5, 0.6) is 0 Å². The summed E-state index contributed by atoms with van der Waals surface area (Å²) in [5.74, 6) is -2.84. The molecule has 0 N–H and O–H groups in total. The monoisotopic (exact) mass is 498 g/mol. The highest BCUT2D eigenvalue weighted by Crippen LogP contribution is 2.34. The van der Waals surface area contributed by atoms with Crippen molar-refractivity contribution >= 4 is 30.0 Å². The highest BCUT2D eigenvalue weighted by molar-refractivity contribution is 5.69. The fourth-order valence-electron chi connectivity index (χ4n) is 3.69. The second-order valence-corrected chi connectivity index (χ2v) is 7.82. The largest absolute Gasteiger partial charge is 0.463 e. The minimum atomic E-state index is -1.33. The summed E-state index contributed by atoms with van der Waals surface area (Å²) in [7, 11) is 0. The number of ether oxygens (including phenoxy) is 6. The Labute approximate surface area is 199 Å².